The van der Waals surface area contributed by atoms with Crippen molar-refractivity contribution in [3.63, 3.8) is 0 Å². The average molecular weight is 431 g/mol. The summed E-state index contributed by atoms with van der Waals surface area (Å²) in [7, 11) is 0. The third kappa shape index (κ3) is 3.15. The Labute approximate surface area is 177 Å². The van der Waals surface area contributed by atoms with E-state index in [0.717, 1.165) is 5.56 Å². The van der Waals surface area contributed by atoms with Gasteiger partial charge in [-0.05, 0) is 32.4 Å². The number of rotatable bonds is 4. The molecule has 1 unspecified atom stereocenters. The van der Waals surface area contributed by atoms with Crippen LogP contribution in [0.25, 0.3) is 0 Å². The van der Waals surface area contributed by atoms with Gasteiger partial charge >= 0.3 is 5.97 Å². The average Bonchev–Trinajstić information content (AvgIpc) is 3.25. The van der Waals surface area contributed by atoms with Gasteiger partial charge < -0.3 is 15.1 Å². The fourth-order valence-corrected chi connectivity index (χ4v) is 5.57. The van der Waals surface area contributed by atoms with Crippen LogP contribution in [0.5, 0.6) is 0 Å². The van der Waals surface area contributed by atoms with Gasteiger partial charge in [0.05, 0.1) is 0 Å². The molecule has 1 N–H and O–H groups in total. The van der Waals surface area contributed by atoms with Gasteiger partial charge in [0, 0.05) is 23.2 Å². The van der Waals surface area contributed by atoms with Crippen LogP contribution >= 0.6 is 11.8 Å². The van der Waals surface area contributed by atoms with Gasteiger partial charge in [0.15, 0.2) is 0 Å². The van der Waals surface area contributed by atoms with Gasteiger partial charge in [-0.3, -0.25) is 19.2 Å². The Morgan fingerprint density at radius 1 is 1.17 bits per heavy atom. The van der Waals surface area contributed by atoms with E-state index < -0.39 is 40.5 Å². The van der Waals surface area contributed by atoms with E-state index in [9.17, 15) is 24.0 Å². The molecule has 2 saturated heterocycles. The van der Waals surface area contributed by atoms with Crippen LogP contribution in [0.4, 0.5) is 0 Å². The Bertz CT molecular complexity index is 961. The molecule has 0 aromatic heterocycles. The lowest BCUT2D eigenvalue weighted by molar-refractivity contribution is -0.198. The fourth-order valence-electron chi connectivity index (χ4n) is 3.98. The maximum absolute atomic E-state index is 13.1. The molecule has 158 valence electrons. The highest BCUT2D eigenvalue weighted by Gasteiger charge is 2.57. The number of carbonyl (C=O) groups excluding carboxylic acids is 5. The summed E-state index contributed by atoms with van der Waals surface area (Å²) in [6.45, 7) is 5.15. The maximum atomic E-state index is 13.1. The first kappa shape index (κ1) is 20.4. The van der Waals surface area contributed by atoms with Crippen LogP contribution in [0.15, 0.2) is 24.3 Å². The number of benzene rings is 1. The number of fused-ring (bicyclic) bond motifs is 3. The topological polar surface area (TPSA) is 113 Å². The number of amides is 4. The Hall–Kier alpha value is -2.88. The minimum Gasteiger partial charge on any atom is -0.341 e. The lowest BCUT2D eigenvalue weighted by Crippen LogP contribution is -2.55. The predicted octanol–water partition coefficient (Wildman–Crippen LogP) is 1.15. The number of hydrogen-bond donors (Lipinski definition) is 1. The zero-order valence-electron chi connectivity index (χ0n) is 16.7. The van der Waals surface area contributed by atoms with Crippen molar-refractivity contribution in [2.75, 3.05) is 0 Å². The minimum atomic E-state index is -1.11. The summed E-state index contributed by atoms with van der Waals surface area (Å²) in [6, 6.07) is 5.34. The van der Waals surface area contributed by atoms with Crippen LogP contribution in [0, 0.1) is 0 Å². The molecular formula is C20H21N3O6S. The van der Waals surface area contributed by atoms with Gasteiger partial charge in [-0.1, -0.05) is 18.2 Å². The number of carbonyl (C=O) groups is 5. The SMILES string of the molecule is C[C@H](NC(=O)[C@H]1N2C(=O)c3ccccc3C2SC1(C)C)C(=O)ON1C(=O)CCC1=O. The van der Waals surface area contributed by atoms with E-state index in [1.54, 1.807) is 17.0 Å². The van der Waals surface area contributed by atoms with E-state index in [2.05, 4.69) is 5.32 Å². The van der Waals surface area contributed by atoms with Crippen molar-refractivity contribution in [3.8, 4) is 0 Å². The van der Waals surface area contributed by atoms with Crippen LogP contribution < -0.4 is 5.32 Å². The minimum absolute atomic E-state index is 0.0145. The highest BCUT2D eigenvalue weighted by molar-refractivity contribution is 8.01. The van der Waals surface area contributed by atoms with Crippen LogP contribution in [-0.4, -0.2) is 56.4 Å². The molecule has 3 heterocycles. The molecule has 3 aliphatic heterocycles. The summed E-state index contributed by atoms with van der Waals surface area (Å²) in [6.07, 6.45) is -0.0290. The predicted molar refractivity (Wildman–Crippen MR) is 106 cm³/mol. The van der Waals surface area contributed by atoms with Gasteiger partial charge in [0.25, 0.3) is 17.7 Å². The summed E-state index contributed by atoms with van der Waals surface area (Å²) >= 11 is 1.51. The zero-order valence-corrected chi connectivity index (χ0v) is 17.5. The first-order chi connectivity index (χ1) is 14.1. The standard InChI is InChI=1S/C20H21N3O6S/c1-10(19(28)29-23-13(24)8-9-14(23)25)21-16(26)15-20(2,3)30-18-12-7-5-4-6-11(12)17(27)22(15)18/h4-7,10,15,18H,8-9H2,1-3H3,(H,21,26)/t10-,15+,18?/m0/s1. The summed E-state index contributed by atoms with van der Waals surface area (Å²) < 4.78 is -0.595. The molecule has 4 rings (SSSR count). The summed E-state index contributed by atoms with van der Waals surface area (Å²) in [5, 5.41) is 2.74. The number of nitrogens with zero attached hydrogens (tertiary/aromatic N) is 2. The van der Waals surface area contributed by atoms with E-state index in [1.807, 2.05) is 26.0 Å². The first-order valence-electron chi connectivity index (χ1n) is 9.59. The van der Waals surface area contributed by atoms with Crippen LogP contribution in [0.2, 0.25) is 0 Å². The molecule has 10 heteroatoms. The quantitative estimate of drug-likeness (QED) is 0.712. The summed E-state index contributed by atoms with van der Waals surface area (Å²) in [5.41, 5.74) is 1.44. The lowest BCUT2D eigenvalue weighted by atomic mass is 10.0. The van der Waals surface area contributed by atoms with E-state index in [4.69, 9.17) is 4.84 Å². The van der Waals surface area contributed by atoms with Crippen LogP contribution in [0.3, 0.4) is 0 Å². The molecule has 0 radical (unpaired) electrons. The van der Waals surface area contributed by atoms with Crippen molar-refractivity contribution < 1.29 is 28.8 Å². The van der Waals surface area contributed by atoms with Crippen molar-refractivity contribution in [2.45, 2.75) is 55.8 Å². The van der Waals surface area contributed by atoms with Crippen molar-refractivity contribution in [1.29, 1.82) is 0 Å². The molecule has 4 amide bonds. The summed E-state index contributed by atoms with van der Waals surface area (Å²) in [5.74, 6) is -2.84. The molecule has 0 saturated carbocycles. The van der Waals surface area contributed by atoms with E-state index in [-0.39, 0.29) is 24.1 Å². The molecule has 1 aromatic rings. The second-order valence-corrected chi connectivity index (χ2v) is 9.73. The molecular weight excluding hydrogens is 410 g/mol. The highest BCUT2D eigenvalue weighted by Crippen LogP contribution is 2.56. The fraction of sp³-hybridized carbons (Fsp3) is 0.450. The molecule has 1 aromatic carbocycles. The summed E-state index contributed by atoms with van der Waals surface area (Å²) in [4.78, 5) is 68.0. The number of hydroxylamine groups is 2. The Morgan fingerprint density at radius 3 is 2.47 bits per heavy atom. The first-order valence-corrected chi connectivity index (χ1v) is 10.5. The zero-order chi connectivity index (χ0) is 21.8. The van der Waals surface area contributed by atoms with Crippen molar-refractivity contribution in [1.82, 2.24) is 15.3 Å². The van der Waals surface area contributed by atoms with Gasteiger partial charge in [-0.25, -0.2) is 4.79 Å². The Balaban J connectivity index is 1.49. The molecule has 0 bridgehead atoms. The number of nitrogens with one attached hydrogen (secondary N) is 1. The van der Waals surface area contributed by atoms with Gasteiger partial charge in [-0.2, -0.15) is 0 Å². The molecule has 3 atom stereocenters. The molecule has 0 aliphatic carbocycles. The number of imide groups is 1. The van der Waals surface area contributed by atoms with E-state index in [1.165, 1.54) is 18.7 Å². The van der Waals surface area contributed by atoms with Gasteiger partial charge in [0.1, 0.15) is 17.5 Å². The van der Waals surface area contributed by atoms with Crippen molar-refractivity contribution in [3.05, 3.63) is 35.4 Å². The Kier molecular flexibility index (Phi) is 4.84. The second-order valence-electron chi connectivity index (χ2n) is 8.00. The number of hydrogen-bond acceptors (Lipinski definition) is 7. The second kappa shape index (κ2) is 7.12. The van der Waals surface area contributed by atoms with Crippen molar-refractivity contribution in [2.24, 2.45) is 0 Å². The monoisotopic (exact) mass is 431 g/mol. The largest absolute Gasteiger partial charge is 0.354 e. The molecule has 2 fully saturated rings. The third-order valence-corrected chi connectivity index (χ3v) is 6.98. The molecule has 0 spiro atoms. The third-order valence-electron chi connectivity index (χ3n) is 5.44. The van der Waals surface area contributed by atoms with Gasteiger partial charge in [-0.15, -0.1) is 16.8 Å². The maximum Gasteiger partial charge on any atom is 0.354 e. The highest BCUT2D eigenvalue weighted by atomic mass is 32.2. The van der Waals surface area contributed by atoms with E-state index >= 15 is 0 Å². The van der Waals surface area contributed by atoms with E-state index in [0.29, 0.717) is 10.6 Å². The van der Waals surface area contributed by atoms with Crippen LogP contribution in [0.1, 0.15) is 54.9 Å². The van der Waals surface area contributed by atoms with Crippen LogP contribution in [-0.2, 0) is 24.0 Å². The number of thioether (sulfide) groups is 1. The normalized spacial score (nSPS) is 25.2. The lowest BCUT2D eigenvalue weighted by Gasteiger charge is -2.30. The Morgan fingerprint density at radius 2 is 1.80 bits per heavy atom. The van der Waals surface area contributed by atoms with Gasteiger partial charge in [0.2, 0.25) is 5.91 Å². The molecule has 9 nitrogen and oxygen atoms in total. The molecule has 3 aliphatic rings. The smallest absolute Gasteiger partial charge is 0.341 e. The molecule has 30 heavy (non-hydrogen) atoms. The van der Waals surface area contributed by atoms with Crippen molar-refractivity contribution >= 4 is 41.4 Å².